The zero-order valence-corrected chi connectivity index (χ0v) is 7.83. The van der Waals surface area contributed by atoms with E-state index in [1.165, 1.54) is 5.56 Å². The number of aromatic amines is 1. The van der Waals surface area contributed by atoms with Crippen molar-refractivity contribution in [2.75, 3.05) is 0 Å². The molecule has 0 saturated carbocycles. The van der Waals surface area contributed by atoms with Crippen LogP contribution < -0.4 is 0 Å². The number of rotatable bonds is 1. The fourth-order valence-corrected chi connectivity index (χ4v) is 1.60. The van der Waals surface area contributed by atoms with Gasteiger partial charge in [-0.1, -0.05) is 11.6 Å². The van der Waals surface area contributed by atoms with E-state index in [0.29, 0.717) is 0 Å². The molecular formula is C11H13NO. The summed E-state index contributed by atoms with van der Waals surface area (Å²) in [7, 11) is 0. The van der Waals surface area contributed by atoms with Crippen molar-refractivity contribution in [3.63, 3.8) is 0 Å². The quantitative estimate of drug-likeness (QED) is 0.686. The largest absolute Gasteiger partial charge is 0.389 e. The molecule has 0 aliphatic carbocycles. The second kappa shape index (κ2) is 2.89. The van der Waals surface area contributed by atoms with Crippen molar-refractivity contribution < 1.29 is 5.11 Å². The van der Waals surface area contributed by atoms with Gasteiger partial charge in [0.15, 0.2) is 0 Å². The Morgan fingerprint density at radius 2 is 2.15 bits per heavy atom. The molecule has 1 aromatic carbocycles. The molecule has 2 N–H and O–H groups in total. The smallest absolute Gasteiger partial charge is 0.0782 e. The summed E-state index contributed by atoms with van der Waals surface area (Å²) in [6.45, 7) is 3.84. The average molecular weight is 175 g/mol. The number of benzene rings is 1. The van der Waals surface area contributed by atoms with Gasteiger partial charge in [-0.15, -0.1) is 0 Å². The van der Waals surface area contributed by atoms with Crippen LogP contribution in [-0.2, 0) is 0 Å². The molecule has 0 bridgehead atoms. The fourth-order valence-electron chi connectivity index (χ4n) is 1.60. The predicted molar refractivity (Wildman–Crippen MR) is 53.7 cm³/mol. The van der Waals surface area contributed by atoms with Crippen LogP contribution in [0, 0.1) is 6.92 Å². The first-order valence-electron chi connectivity index (χ1n) is 4.44. The van der Waals surface area contributed by atoms with Gasteiger partial charge in [0.1, 0.15) is 0 Å². The highest BCUT2D eigenvalue weighted by atomic mass is 16.3. The standard InChI is InChI=1S/C11H13NO/c1-7-3-4-11-9(5-7)10(6-12-11)8(2)13/h3-6,8,12-13H,1-2H3/t8-/m0/s1. The summed E-state index contributed by atoms with van der Waals surface area (Å²) in [6.07, 6.45) is 1.46. The van der Waals surface area contributed by atoms with Crippen molar-refractivity contribution in [3.05, 3.63) is 35.5 Å². The van der Waals surface area contributed by atoms with Gasteiger partial charge in [0.2, 0.25) is 0 Å². The number of aliphatic hydroxyl groups is 1. The van der Waals surface area contributed by atoms with Gasteiger partial charge in [-0.2, -0.15) is 0 Å². The number of aryl methyl sites for hydroxylation is 1. The summed E-state index contributed by atoms with van der Waals surface area (Å²) in [5.74, 6) is 0. The van der Waals surface area contributed by atoms with Gasteiger partial charge in [0, 0.05) is 22.7 Å². The average Bonchev–Trinajstić information content (AvgIpc) is 2.46. The second-order valence-electron chi connectivity index (χ2n) is 3.47. The maximum Gasteiger partial charge on any atom is 0.0782 e. The first-order chi connectivity index (χ1) is 6.18. The SMILES string of the molecule is Cc1ccc2[nH]cc([C@H](C)O)c2c1. The Labute approximate surface area is 77.2 Å². The van der Waals surface area contributed by atoms with Gasteiger partial charge in [0.05, 0.1) is 6.10 Å². The van der Waals surface area contributed by atoms with Gasteiger partial charge in [-0.05, 0) is 26.0 Å². The monoisotopic (exact) mass is 175 g/mol. The van der Waals surface area contributed by atoms with E-state index in [4.69, 9.17) is 0 Å². The summed E-state index contributed by atoms with van der Waals surface area (Å²) in [5, 5.41) is 10.6. The topological polar surface area (TPSA) is 36.0 Å². The van der Waals surface area contributed by atoms with Crippen LogP contribution in [0.5, 0.6) is 0 Å². The summed E-state index contributed by atoms with van der Waals surface area (Å²) in [4.78, 5) is 3.14. The van der Waals surface area contributed by atoms with Crippen LogP contribution in [0.4, 0.5) is 0 Å². The summed E-state index contributed by atoms with van der Waals surface area (Å²) < 4.78 is 0. The van der Waals surface area contributed by atoms with Crippen LogP contribution in [0.3, 0.4) is 0 Å². The molecule has 1 heterocycles. The molecule has 0 radical (unpaired) electrons. The lowest BCUT2D eigenvalue weighted by Gasteiger charge is -2.01. The molecule has 0 fully saturated rings. The number of H-pyrrole nitrogens is 1. The number of aromatic nitrogens is 1. The minimum absolute atomic E-state index is 0.407. The van der Waals surface area contributed by atoms with E-state index in [2.05, 4.69) is 24.0 Å². The van der Waals surface area contributed by atoms with E-state index in [1.54, 1.807) is 6.92 Å². The summed E-state index contributed by atoms with van der Waals surface area (Å²) in [5.41, 5.74) is 3.27. The highest BCUT2D eigenvalue weighted by Gasteiger charge is 2.07. The van der Waals surface area contributed by atoms with Gasteiger partial charge in [-0.3, -0.25) is 0 Å². The third-order valence-corrected chi connectivity index (χ3v) is 2.32. The van der Waals surface area contributed by atoms with Crippen LogP contribution in [0.25, 0.3) is 10.9 Å². The van der Waals surface area contributed by atoms with E-state index in [1.807, 2.05) is 12.3 Å². The van der Waals surface area contributed by atoms with Gasteiger partial charge >= 0.3 is 0 Å². The van der Waals surface area contributed by atoms with Crippen molar-refractivity contribution in [1.82, 2.24) is 4.98 Å². The highest BCUT2D eigenvalue weighted by molar-refractivity contribution is 5.84. The molecule has 2 nitrogen and oxygen atoms in total. The van der Waals surface area contributed by atoms with E-state index in [-0.39, 0.29) is 0 Å². The Balaban J connectivity index is 2.71. The first kappa shape index (κ1) is 8.32. The minimum Gasteiger partial charge on any atom is -0.389 e. The molecule has 68 valence electrons. The molecule has 0 aliphatic rings. The Kier molecular flexibility index (Phi) is 1.85. The zero-order chi connectivity index (χ0) is 9.42. The van der Waals surface area contributed by atoms with Crippen LogP contribution in [0.2, 0.25) is 0 Å². The molecule has 2 heteroatoms. The number of fused-ring (bicyclic) bond motifs is 1. The second-order valence-corrected chi connectivity index (χ2v) is 3.47. The highest BCUT2D eigenvalue weighted by Crippen LogP contribution is 2.24. The van der Waals surface area contributed by atoms with Crippen LogP contribution in [0.15, 0.2) is 24.4 Å². The molecule has 1 aromatic heterocycles. The van der Waals surface area contributed by atoms with Gasteiger partial charge in [0.25, 0.3) is 0 Å². The van der Waals surface area contributed by atoms with Crippen molar-refractivity contribution in [2.45, 2.75) is 20.0 Å². The van der Waals surface area contributed by atoms with Gasteiger partial charge < -0.3 is 10.1 Å². The van der Waals surface area contributed by atoms with Crippen molar-refractivity contribution in [1.29, 1.82) is 0 Å². The lowest BCUT2D eigenvalue weighted by Crippen LogP contribution is -1.87. The van der Waals surface area contributed by atoms with Gasteiger partial charge in [-0.25, -0.2) is 0 Å². The molecule has 2 rings (SSSR count). The normalized spacial score (nSPS) is 13.5. The Hall–Kier alpha value is -1.28. The molecule has 0 unspecified atom stereocenters. The first-order valence-corrected chi connectivity index (χ1v) is 4.44. The van der Waals surface area contributed by atoms with E-state index in [9.17, 15) is 5.11 Å². The molecule has 0 amide bonds. The predicted octanol–water partition coefficient (Wildman–Crippen LogP) is 2.53. The third kappa shape index (κ3) is 1.33. The maximum absolute atomic E-state index is 9.48. The number of hydrogen-bond acceptors (Lipinski definition) is 1. The fraction of sp³-hybridized carbons (Fsp3) is 0.273. The molecule has 2 aromatic rings. The molecule has 1 atom stereocenters. The number of hydrogen-bond donors (Lipinski definition) is 2. The Bertz CT molecular complexity index is 429. The maximum atomic E-state index is 9.48. The molecule has 0 spiro atoms. The van der Waals surface area contributed by atoms with Crippen molar-refractivity contribution >= 4 is 10.9 Å². The Morgan fingerprint density at radius 1 is 1.38 bits per heavy atom. The van der Waals surface area contributed by atoms with Crippen molar-refractivity contribution in [3.8, 4) is 0 Å². The zero-order valence-electron chi connectivity index (χ0n) is 7.83. The number of nitrogens with one attached hydrogen (secondary N) is 1. The van der Waals surface area contributed by atoms with Crippen LogP contribution in [-0.4, -0.2) is 10.1 Å². The molecule has 0 aliphatic heterocycles. The van der Waals surface area contributed by atoms with Crippen LogP contribution >= 0.6 is 0 Å². The third-order valence-electron chi connectivity index (χ3n) is 2.32. The lowest BCUT2D eigenvalue weighted by molar-refractivity contribution is 0.201. The minimum atomic E-state index is -0.407. The lowest BCUT2D eigenvalue weighted by atomic mass is 10.1. The van der Waals surface area contributed by atoms with Crippen molar-refractivity contribution in [2.24, 2.45) is 0 Å². The van der Waals surface area contributed by atoms with Crippen LogP contribution in [0.1, 0.15) is 24.2 Å². The molecular weight excluding hydrogens is 162 g/mol. The molecule has 13 heavy (non-hydrogen) atoms. The van der Waals surface area contributed by atoms with E-state index in [0.717, 1.165) is 16.5 Å². The molecule has 0 saturated heterocycles. The summed E-state index contributed by atoms with van der Waals surface area (Å²) >= 11 is 0. The number of aliphatic hydroxyl groups excluding tert-OH is 1. The Morgan fingerprint density at radius 3 is 2.85 bits per heavy atom. The van der Waals surface area contributed by atoms with E-state index < -0.39 is 6.10 Å². The van der Waals surface area contributed by atoms with E-state index >= 15 is 0 Å². The summed E-state index contributed by atoms with van der Waals surface area (Å²) in [6, 6.07) is 6.19.